The summed E-state index contributed by atoms with van der Waals surface area (Å²) < 4.78 is 33.6. The molecule has 1 aromatic heterocycles. The third kappa shape index (κ3) is 34.1. The van der Waals surface area contributed by atoms with Crippen molar-refractivity contribution in [3.8, 4) is 5.75 Å². The van der Waals surface area contributed by atoms with Gasteiger partial charge in [-0.2, -0.15) is 0 Å². The van der Waals surface area contributed by atoms with Gasteiger partial charge in [0.05, 0.1) is 45.7 Å². The second-order valence-electron chi connectivity index (χ2n) is 29.9. The number of anilines is 1. The lowest BCUT2D eigenvalue weighted by atomic mass is 9.92. The van der Waals surface area contributed by atoms with Crippen molar-refractivity contribution in [1.82, 2.24) is 62.4 Å². The minimum Gasteiger partial charge on any atom is -0.508 e. The summed E-state index contributed by atoms with van der Waals surface area (Å²) in [6, 6.07) is 8.29. The summed E-state index contributed by atoms with van der Waals surface area (Å²) in [7, 11) is 1.96. The number of benzene rings is 2. The molecule has 12 N–H and O–H groups in total. The number of aromatic nitrogens is 1. The van der Waals surface area contributed by atoms with E-state index >= 15 is 0 Å². The molecule has 2 aliphatic rings. The Kier molecular flexibility index (Phi) is 43.3. The predicted molar refractivity (Wildman–Crippen MR) is 428 cm³/mol. The Morgan fingerprint density at radius 3 is 2.01 bits per heavy atom. The number of unbranched alkanes of at least 4 members (excludes halogenated alkanes) is 2. The first-order chi connectivity index (χ1) is 54.5. The topological polar surface area (TPSA) is 437 Å². The summed E-state index contributed by atoms with van der Waals surface area (Å²) in [5.41, 5.74) is 11.8. The number of urea groups is 1. The summed E-state index contributed by atoms with van der Waals surface area (Å²) in [5, 5.41) is 31.9. The second kappa shape index (κ2) is 51.7. The largest absolute Gasteiger partial charge is 0.508 e. The molecule has 5 rings (SSSR count). The number of hydrazine groups is 1. The SMILES string of the molecule is CCCO[C@H](C[C@H](C(C)C)N(CCC)C(=O)[C@@H](NC(=O)[C@H]1CCCCN1C)[C@@H](C)CC)c1nc(C(=O)N[C@@H](Cc2ccc(O)cc2)C[C@H](C)C(=O)NNC(=O)OCCOCCOCCOCCNC(=O)OCc2ccc(NC(=O)[C@H](CCCNC(N)=O)NC(=O)[C@@H](NC(=O)CCCCCN3C(=O)CC(C)C3=O)C(C)C)cc2)cs1. The quantitative estimate of drug-likeness (QED) is 0.0153. The molecule has 636 valence electrons. The lowest BCUT2D eigenvalue weighted by molar-refractivity contribution is -0.143. The van der Waals surface area contributed by atoms with Gasteiger partial charge in [-0.1, -0.05) is 113 Å². The van der Waals surface area contributed by atoms with Crippen LogP contribution in [0.15, 0.2) is 53.9 Å². The fourth-order valence-corrected chi connectivity index (χ4v) is 14.0. The first-order valence-electron chi connectivity index (χ1n) is 40.2. The molecule has 0 saturated carbocycles. The van der Waals surface area contributed by atoms with Crippen LogP contribution in [0, 0.1) is 29.6 Å². The molecule has 3 aromatic rings. The number of hydrogen-bond donors (Lipinski definition) is 11. The number of carbonyl (C=O) groups is 12. The van der Waals surface area contributed by atoms with Crippen LogP contribution < -0.4 is 53.8 Å². The number of piperidine rings is 1. The monoisotopic (exact) mass is 1620 g/mol. The van der Waals surface area contributed by atoms with Crippen LogP contribution in [-0.2, 0) is 79.8 Å². The number of primary amides is 1. The fourth-order valence-electron chi connectivity index (χ4n) is 13.1. The molecular weight excluding hydrogens is 1490 g/mol. The number of phenolic OH excluding ortho intramolecular Hbond substituents is 1. The van der Waals surface area contributed by atoms with Gasteiger partial charge < -0.3 is 81.4 Å². The van der Waals surface area contributed by atoms with Crippen LogP contribution in [0.5, 0.6) is 5.75 Å². The van der Waals surface area contributed by atoms with Gasteiger partial charge in [0.15, 0.2) is 0 Å². The number of nitrogens with two attached hydrogens (primary N) is 1. The lowest BCUT2D eigenvalue weighted by Gasteiger charge is -2.40. The fraction of sp³-hybridized carbons (Fsp3) is 0.662. The van der Waals surface area contributed by atoms with Gasteiger partial charge in [-0.3, -0.25) is 58.4 Å². The van der Waals surface area contributed by atoms with E-state index in [2.05, 4.69) is 66.8 Å². The second-order valence-corrected chi connectivity index (χ2v) is 30.8. The average Bonchev–Trinajstić information content (AvgIpc) is 1.34. The van der Waals surface area contributed by atoms with Crippen molar-refractivity contribution in [1.29, 1.82) is 0 Å². The molecule has 13 amide bonds. The molecule has 0 aliphatic carbocycles. The molecule has 0 bridgehead atoms. The van der Waals surface area contributed by atoms with Crippen molar-refractivity contribution in [2.24, 2.45) is 35.3 Å². The highest BCUT2D eigenvalue weighted by atomic mass is 32.1. The zero-order chi connectivity index (χ0) is 83.7. The first kappa shape index (κ1) is 95.5. The van der Waals surface area contributed by atoms with Gasteiger partial charge in [0.25, 0.3) is 5.91 Å². The molecule has 1 unspecified atom stereocenters. The molecule has 2 aliphatic heterocycles. The number of ether oxygens (including phenoxy) is 6. The number of thiazole rings is 1. The van der Waals surface area contributed by atoms with Gasteiger partial charge in [-0.25, -0.2) is 24.8 Å². The lowest BCUT2D eigenvalue weighted by Crippen LogP contribution is -2.58. The Morgan fingerprint density at radius 2 is 1.38 bits per heavy atom. The average molecular weight is 1620 g/mol. The van der Waals surface area contributed by atoms with Gasteiger partial charge in [-0.05, 0) is 131 Å². The number of phenols is 1. The number of nitrogens with zero attached hydrogens (tertiary/aromatic N) is 4. The Balaban J connectivity index is 0.970. The number of nitrogens with one attached hydrogen (secondary N) is 9. The summed E-state index contributed by atoms with van der Waals surface area (Å²) >= 11 is 1.29. The maximum Gasteiger partial charge on any atom is 0.426 e. The number of aromatic hydroxyl groups is 1. The molecule has 2 fully saturated rings. The predicted octanol–water partition coefficient (Wildman–Crippen LogP) is 7.05. The van der Waals surface area contributed by atoms with Crippen molar-refractivity contribution in [2.45, 2.75) is 221 Å². The molecular formula is C80H126N14O19S. The van der Waals surface area contributed by atoms with Crippen LogP contribution in [0.25, 0.3) is 0 Å². The summed E-state index contributed by atoms with van der Waals surface area (Å²) in [6.45, 7) is 22.2. The summed E-state index contributed by atoms with van der Waals surface area (Å²) in [5.74, 6) is -4.63. The number of likely N-dealkylation sites (N-methyl/N-ethyl adjacent to an activating group) is 1. The highest BCUT2D eigenvalue weighted by Crippen LogP contribution is 2.33. The van der Waals surface area contributed by atoms with E-state index in [9.17, 15) is 62.6 Å². The van der Waals surface area contributed by atoms with E-state index in [1.165, 1.54) is 28.4 Å². The Bertz CT molecular complexity index is 3520. The molecule has 3 heterocycles. The van der Waals surface area contributed by atoms with Gasteiger partial charge in [0.2, 0.25) is 47.3 Å². The Morgan fingerprint density at radius 1 is 0.693 bits per heavy atom. The van der Waals surface area contributed by atoms with E-state index in [1.54, 1.807) is 69.5 Å². The van der Waals surface area contributed by atoms with Crippen LogP contribution in [0.4, 0.5) is 20.1 Å². The highest BCUT2D eigenvalue weighted by Gasteiger charge is 2.40. The minimum atomic E-state index is -1.07. The summed E-state index contributed by atoms with van der Waals surface area (Å²) in [6.07, 6.45) is 5.78. The van der Waals surface area contributed by atoms with E-state index in [-0.39, 0.29) is 181 Å². The smallest absolute Gasteiger partial charge is 0.426 e. The number of alkyl carbamates (subject to hydrolysis) is 1. The molecule has 0 radical (unpaired) electrons. The van der Waals surface area contributed by atoms with Gasteiger partial charge in [0.1, 0.15) is 53.9 Å². The number of hydrogen-bond acceptors (Lipinski definition) is 22. The number of likely N-dealkylation sites (tertiary alicyclic amines) is 2. The van der Waals surface area contributed by atoms with Gasteiger partial charge in [0, 0.05) is 87.0 Å². The third-order valence-electron chi connectivity index (χ3n) is 19.8. The van der Waals surface area contributed by atoms with E-state index < -0.39 is 78.0 Å². The number of carbonyl (C=O) groups excluding carboxylic acids is 12. The molecule has 33 nitrogen and oxygen atoms in total. The maximum absolute atomic E-state index is 14.9. The van der Waals surface area contributed by atoms with E-state index in [0.717, 1.165) is 37.8 Å². The molecule has 2 saturated heterocycles. The zero-order valence-electron chi connectivity index (χ0n) is 68.4. The van der Waals surface area contributed by atoms with Crippen LogP contribution in [0.2, 0.25) is 0 Å². The Hall–Kier alpha value is -9.09. The minimum absolute atomic E-state index is 0.00713. The number of amides is 13. The van der Waals surface area contributed by atoms with Crippen molar-refractivity contribution < 1.29 is 91.1 Å². The Labute approximate surface area is 674 Å². The third-order valence-corrected chi connectivity index (χ3v) is 20.8. The van der Waals surface area contributed by atoms with Crippen LogP contribution >= 0.6 is 11.3 Å². The standard InChI is InChI=1S/C80H126N14O19S/c1-12-34-93(77(104)69(53(8)14-3)89-73(101)63-22-17-19-35-92(63)11)64(51(4)5)48-65(111-37-13-2)75-87-62(50-114-75)72(100)85-59(47-56-26-30-60(95)31-27-56)45-54(9)70(98)90-91-80(107)112-44-43-110-42-41-109-40-39-108-38-33-83-79(106)113-49-57-24-28-58(29-25-57)84-71(99)61(21-20-32-82-78(81)105)86-74(102)68(52(6)7)88-66(96)23-16-15-18-36-94-67(97)46-55(10)76(94)103/h24-31,50-55,59,61,63-65,68-69,95H,12-23,32-49H2,1-11H3,(H,83,106)(H,84,99)(H,85,100)(H,86,102)(H,88,96)(H,89,101)(H,90,98)(H,91,107)(H3,81,82,105)/t53-,54-,55?,59+,61-,63+,64+,65+,68-,69-/m0/s1. The van der Waals surface area contributed by atoms with Crippen molar-refractivity contribution in [2.75, 3.05) is 97.9 Å². The first-order valence-corrected chi connectivity index (χ1v) is 41.1. The van der Waals surface area contributed by atoms with E-state index in [1.807, 2.05) is 39.6 Å². The normalized spacial score (nSPS) is 16.4. The van der Waals surface area contributed by atoms with Crippen LogP contribution in [0.3, 0.4) is 0 Å². The molecule has 10 atom stereocenters. The summed E-state index contributed by atoms with van der Waals surface area (Å²) in [4.78, 5) is 167. The number of imide groups is 1. The molecule has 34 heteroatoms. The van der Waals surface area contributed by atoms with Gasteiger partial charge >= 0.3 is 18.2 Å². The van der Waals surface area contributed by atoms with Crippen molar-refractivity contribution in [3.05, 3.63) is 75.7 Å². The van der Waals surface area contributed by atoms with E-state index in [0.29, 0.717) is 74.5 Å². The number of rotatable bonds is 52. The highest BCUT2D eigenvalue weighted by molar-refractivity contribution is 7.09. The van der Waals surface area contributed by atoms with Gasteiger partial charge in [-0.15, -0.1) is 11.3 Å². The van der Waals surface area contributed by atoms with Crippen LogP contribution in [0.1, 0.15) is 198 Å². The van der Waals surface area contributed by atoms with Crippen molar-refractivity contribution in [3.63, 3.8) is 0 Å². The molecule has 0 spiro atoms. The van der Waals surface area contributed by atoms with Crippen LogP contribution in [-0.4, -0.2) is 225 Å². The zero-order valence-corrected chi connectivity index (χ0v) is 69.2. The maximum atomic E-state index is 14.9. The van der Waals surface area contributed by atoms with E-state index in [4.69, 9.17) is 39.1 Å². The molecule has 114 heavy (non-hydrogen) atoms. The molecule has 2 aromatic carbocycles. The van der Waals surface area contributed by atoms with Crippen molar-refractivity contribution >= 4 is 88.4 Å².